The van der Waals surface area contributed by atoms with Gasteiger partial charge >= 0.3 is 23.9 Å². The molecule has 8 heteroatoms. The largest absolute Gasteiger partial charge is 0.469 e. The highest BCUT2D eigenvalue weighted by atomic mass is 16.6. The minimum Gasteiger partial charge on any atom is -0.469 e. The predicted octanol–water partition coefficient (Wildman–Crippen LogP) is 2.26. The molecule has 0 amide bonds. The van der Waals surface area contributed by atoms with Gasteiger partial charge in [0, 0.05) is 25.7 Å². The fraction of sp³-hybridized carbons (Fsp3) is 0.667. The number of rotatable bonds is 3. The Labute approximate surface area is 186 Å². The van der Waals surface area contributed by atoms with Crippen LogP contribution in [-0.2, 0) is 38.1 Å². The van der Waals surface area contributed by atoms with Gasteiger partial charge in [0.15, 0.2) is 0 Å². The lowest BCUT2D eigenvalue weighted by atomic mass is 9.61. The molecule has 0 radical (unpaired) electrons. The van der Waals surface area contributed by atoms with Crippen LogP contribution in [-0.4, -0.2) is 48.3 Å². The van der Waals surface area contributed by atoms with Gasteiger partial charge in [-0.25, -0.2) is 0 Å². The molecule has 0 N–H and O–H groups in total. The highest BCUT2D eigenvalue weighted by molar-refractivity contribution is 5.87. The van der Waals surface area contributed by atoms with Crippen molar-refractivity contribution in [1.82, 2.24) is 0 Å². The molecule has 8 nitrogen and oxygen atoms in total. The molecule has 0 aromatic carbocycles. The second-order valence-corrected chi connectivity index (χ2v) is 10.3. The molecule has 1 spiro atoms. The van der Waals surface area contributed by atoms with Crippen molar-refractivity contribution >= 4 is 23.9 Å². The van der Waals surface area contributed by atoms with Gasteiger partial charge in [0.1, 0.15) is 22.7 Å². The molecule has 8 atom stereocenters. The van der Waals surface area contributed by atoms with E-state index in [2.05, 4.69) is 6.58 Å². The van der Waals surface area contributed by atoms with Crippen LogP contribution < -0.4 is 0 Å². The number of carbonyl (C=O) groups excluding carboxylic acids is 4. The molecular weight excluding hydrogens is 416 g/mol. The molecule has 3 saturated carbocycles. The maximum Gasteiger partial charge on any atom is 0.317 e. The summed E-state index contributed by atoms with van der Waals surface area (Å²) >= 11 is 0. The first-order chi connectivity index (χ1) is 15.0. The fourth-order valence-corrected chi connectivity index (χ4v) is 7.98. The van der Waals surface area contributed by atoms with Crippen molar-refractivity contribution in [2.24, 2.45) is 28.6 Å². The van der Waals surface area contributed by atoms with Crippen molar-refractivity contribution in [3.63, 3.8) is 0 Å². The molecule has 1 heterocycles. The summed E-state index contributed by atoms with van der Waals surface area (Å²) in [7, 11) is 1.33. The molecule has 5 rings (SSSR count). The molecule has 0 aromatic heterocycles. The number of hydrogen-bond donors (Lipinski definition) is 0. The predicted molar refractivity (Wildman–Crippen MR) is 109 cm³/mol. The van der Waals surface area contributed by atoms with Crippen molar-refractivity contribution in [2.45, 2.75) is 63.8 Å². The van der Waals surface area contributed by atoms with Crippen molar-refractivity contribution < 1.29 is 38.1 Å². The number of methoxy groups -OCH3 is 1. The Bertz CT molecular complexity index is 998. The molecule has 4 fully saturated rings. The van der Waals surface area contributed by atoms with E-state index in [1.807, 2.05) is 6.08 Å². The number of esters is 4. The van der Waals surface area contributed by atoms with Gasteiger partial charge in [-0.1, -0.05) is 6.58 Å². The Hall–Kier alpha value is -2.64. The van der Waals surface area contributed by atoms with Crippen LogP contribution in [0.4, 0.5) is 0 Å². The Morgan fingerprint density at radius 1 is 1.22 bits per heavy atom. The van der Waals surface area contributed by atoms with Crippen LogP contribution in [0.15, 0.2) is 24.3 Å². The molecule has 5 aliphatic rings. The van der Waals surface area contributed by atoms with E-state index >= 15 is 0 Å². The van der Waals surface area contributed by atoms with Crippen LogP contribution in [0.1, 0.15) is 46.5 Å². The van der Waals surface area contributed by atoms with Crippen LogP contribution in [0.2, 0.25) is 0 Å². The Kier molecular flexibility index (Phi) is 4.13. The van der Waals surface area contributed by atoms with Gasteiger partial charge < -0.3 is 18.9 Å². The minimum absolute atomic E-state index is 0.174. The Balaban J connectivity index is 1.70. The van der Waals surface area contributed by atoms with Crippen LogP contribution in [0.5, 0.6) is 0 Å². The first-order valence-electron chi connectivity index (χ1n) is 11.0. The molecule has 32 heavy (non-hydrogen) atoms. The second-order valence-electron chi connectivity index (χ2n) is 10.3. The molecule has 4 bridgehead atoms. The topological polar surface area (TPSA) is 105 Å². The van der Waals surface area contributed by atoms with E-state index in [0.717, 1.165) is 5.57 Å². The van der Waals surface area contributed by atoms with Gasteiger partial charge in [0.25, 0.3) is 0 Å². The van der Waals surface area contributed by atoms with Gasteiger partial charge in [-0.2, -0.15) is 0 Å². The van der Waals surface area contributed by atoms with Crippen LogP contribution in [0.25, 0.3) is 0 Å². The zero-order chi connectivity index (χ0) is 23.3. The van der Waals surface area contributed by atoms with Gasteiger partial charge in [-0.3, -0.25) is 19.2 Å². The molecular formula is C24H28O8. The van der Waals surface area contributed by atoms with E-state index < -0.39 is 57.9 Å². The van der Waals surface area contributed by atoms with Gasteiger partial charge in [0.2, 0.25) is 0 Å². The highest BCUT2D eigenvalue weighted by Gasteiger charge is 2.84. The zero-order valence-electron chi connectivity index (χ0n) is 18.8. The normalized spacial score (nSPS) is 47.4. The van der Waals surface area contributed by atoms with Crippen molar-refractivity contribution in [1.29, 1.82) is 0 Å². The summed E-state index contributed by atoms with van der Waals surface area (Å²) in [6.45, 7) is 8.62. The molecule has 0 aromatic rings. The van der Waals surface area contributed by atoms with E-state index in [-0.39, 0.29) is 11.9 Å². The average molecular weight is 444 g/mol. The summed E-state index contributed by atoms with van der Waals surface area (Å²) < 4.78 is 22.7. The Morgan fingerprint density at radius 3 is 2.56 bits per heavy atom. The minimum atomic E-state index is -1.24. The summed E-state index contributed by atoms with van der Waals surface area (Å²) in [5.74, 6) is -3.26. The number of ether oxygens (including phenoxy) is 4. The van der Waals surface area contributed by atoms with E-state index in [1.54, 1.807) is 13.0 Å². The van der Waals surface area contributed by atoms with E-state index in [4.69, 9.17) is 18.9 Å². The number of hydrogen-bond acceptors (Lipinski definition) is 8. The van der Waals surface area contributed by atoms with E-state index in [1.165, 1.54) is 21.0 Å². The number of fused-ring (bicyclic) bond motifs is 1. The first kappa shape index (κ1) is 21.2. The summed E-state index contributed by atoms with van der Waals surface area (Å²) in [5, 5.41) is 0. The van der Waals surface area contributed by atoms with Crippen LogP contribution >= 0.6 is 0 Å². The maximum absolute atomic E-state index is 13.4. The van der Waals surface area contributed by atoms with Crippen molar-refractivity contribution in [3.8, 4) is 0 Å². The zero-order valence-corrected chi connectivity index (χ0v) is 18.8. The number of carbonyl (C=O) groups is 4. The monoisotopic (exact) mass is 444 g/mol. The third kappa shape index (κ3) is 2.23. The van der Waals surface area contributed by atoms with E-state index in [9.17, 15) is 19.2 Å². The maximum atomic E-state index is 13.4. The highest BCUT2D eigenvalue weighted by Crippen LogP contribution is 2.78. The average Bonchev–Trinajstić information content (AvgIpc) is 3.13. The third-order valence-electron chi connectivity index (χ3n) is 8.88. The molecule has 1 saturated heterocycles. The summed E-state index contributed by atoms with van der Waals surface area (Å²) in [6.07, 6.45) is 4.77. The SMILES string of the molecule is C=C1C[C@]23C[C@@]1(OC(C)=O)CC[C@H]2[C@@]12C=C[C@H](OC(C)=O)[C@@](C)(C(=O)O1)[C@H]2[C@@H]3C(=O)OC. The van der Waals surface area contributed by atoms with Gasteiger partial charge in [-0.05, 0) is 55.7 Å². The lowest BCUT2D eigenvalue weighted by Crippen LogP contribution is -2.52. The van der Waals surface area contributed by atoms with Crippen LogP contribution in [0, 0.1) is 28.6 Å². The summed E-state index contributed by atoms with van der Waals surface area (Å²) in [6, 6.07) is 0. The van der Waals surface area contributed by atoms with Crippen molar-refractivity contribution in [3.05, 3.63) is 24.3 Å². The van der Waals surface area contributed by atoms with E-state index in [0.29, 0.717) is 25.7 Å². The van der Waals surface area contributed by atoms with Crippen LogP contribution in [0.3, 0.4) is 0 Å². The lowest BCUT2D eigenvalue weighted by Gasteiger charge is -2.45. The van der Waals surface area contributed by atoms with Gasteiger partial charge in [0.05, 0.1) is 13.0 Å². The molecule has 4 aliphatic carbocycles. The smallest absolute Gasteiger partial charge is 0.317 e. The third-order valence-corrected chi connectivity index (χ3v) is 8.88. The van der Waals surface area contributed by atoms with Gasteiger partial charge in [-0.15, -0.1) is 0 Å². The molecule has 1 aliphatic heterocycles. The lowest BCUT2D eigenvalue weighted by molar-refractivity contribution is -0.170. The standard InChI is InChI=1S/C24H28O8/c1-12-10-22-11-23(12,31-14(3)26)8-6-15(22)24-9-7-16(30-13(2)25)21(4,20(28)32-24)18(24)17(22)19(27)29-5/h7,9,15-18H,1,6,8,10-11H2,2-5H3/t15-,16+,17-,18-,21-,22+,23+,24-/m1/s1. The Morgan fingerprint density at radius 2 is 1.94 bits per heavy atom. The summed E-state index contributed by atoms with van der Waals surface area (Å²) in [4.78, 5) is 50.4. The fourth-order valence-electron chi connectivity index (χ4n) is 7.98. The second kappa shape index (κ2) is 6.23. The quantitative estimate of drug-likeness (QED) is 0.371. The molecule has 0 unspecified atom stereocenters. The summed E-state index contributed by atoms with van der Waals surface area (Å²) in [5.41, 5.74) is -2.93. The first-order valence-corrected chi connectivity index (χ1v) is 11.0. The molecule has 172 valence electrons. The van der Waals surface area contributed by atoms with Crippen molar-refractivity contribution in [2.75, 3.05) is 7.11 Å².